The highest BCUT2D eigenvalue weighted by Gasteiger charge is 2.27. The molecule has 1 aliphatic heterocycles. The van der Waals surface area contributed by atoms with E-state index >= 15 is 0 Å². The molecule has 1 aromatic rings. The maximum atomic E-state index is 12.8. The van der Waals surface area contributed by atoms with E-state index in [-0.39, 0.29) is 27.9 Å². The van der Waals surface area contributed by atoms with Crippen LogP contribution >= 0.6 is 11.6 Å². The fourth-order valence-corrected chi connectivity index (χ4v) is 4.48. The Hall–Kier alpha value is -1.66. The minimum Gasteiger partial charge on any atom is -0.355 e. The van der Waals surface area contributed by atoms with Crippen LogP contribution in [0.3, 0.4) is 0 Å². The van der Waals surface area contributed by atoms with Gasteiger partial charge in [-0.25, -0.2) is 8.42 Å². The van der Waals surface area contributed by atoms with E-state index in [9.17, 15) is 13.2 Å². The molecule has 25 heavy (non-hydrogen) atoms. The van der Waals surface area contributed by atoms with Gasteiger partial charge in [-0.15, -0.1) is 0 Å². The summed E-state index contributed by atoms with van der Waals surface area (Å²) in [7, 11) is -3.68. The number of amides is 1. The van der Waals surface area contributed by atoms with Crippen LogP contribution in [0.1, 0.15) is 18.9 Å². The van der Waals surface area contributed by atoms with Gasteiger partial charge in [0.15, 0.2) is 0 Å². The van der Waals surface area contributed by atoms with Gasteiger partial charge >= 0.3 is 0 Å². The van der Waals surface area contributed by atoms with Gasteiger partial charge in [-0.3, -0.25) is 9.69 Å². The lowest BCUT2D eigenvalue weighted by molar-refractivity contribution is -0.122. The number of likely N-dealkylation sites (N-methyl/N-ethyl adjacent to an activating group) is 1. The molecule has 0 unspecified atom stereocenters. The molecule has 1 heterocycles. The fourth-order valence-electron chi connectivity index (χ4n) is 2.70. The van der Waals surface area contributed by atoms with Gasteiger partial charge in [0.2, 0.25) is 15.9 Å². The topological polar surface area (TPSA) is 93.5 Å². The molecule has 0 radical (unpaired) electrons. The van der Waals surface area contributed by atoms with Crippen LogP contribution in [0.5, 0.6) is 0 Å². The van der Waals surface area contributed by atoms with Crippen LogP contribution < -0.4 is 5.32 Å². The second kappa shape index (κ2) is 8.63. The number of hydrogen-bond donors (Lipinski definition) is 1. The van der Waals surface area contributed by atoms with Crippen LogP contribution in [0.2, 0.25) is 5.02 Å². The number of carbonyl (C=O) groups excluding carboxylic acids is 1. The standard InChI is InChI=1S/C16H21ClN4O3S/c1-2-19-16(22)12-20-6-3-7-21(9-8-20)25(23,24)14-5-4-13(11-18)15(17)10-14/h4-5,10H,2-3,6-9,12H2,1H3,(H,19,22). The van der Waals surface area contributed by atoms with Crippen molar-refractivity contribution in [3.05, 3.63) is 28.8 Å². The van der Waals surface area contributed by atoms with E-state index in [2.05, 4.69) is 5.32 Å². The summed E-state index contributed by atoms with van der Waals surface area (Å²) in [4.78, 5) is 13.7. The Balaban J connectivity index is 2.09. The molecule has 0 aliphatic carbocycles. The van der Waals surface area contributed by atoms with Gasteiger partial charge in [-0.05, 0) is 38.1 Å². The second-order valence-corrected chi connectivity index (χ2v) is 8.09. The molecule has 0 bridgehead atoms. The van der Waals surface area contributed by atoms with E-state index in [1.165, 1.54) is 22.5 Å². The number of hydrogen-bond acceptors (Lipinski definition) is 5. The van der Waals surface area contributed by atoms with Crippen molar-refractivity contribution in [2.24, 2.45) is 0 Å². The zero-order valence-corrected chi connectivity index (χ0v) is 15.6. The molecule has 1 aromatic carbocycles. The maximum Gasteiger partial charge on any atom is 0.243 e. The van der Waals surface area contributed by atoms with Crippen molar-refractivity contribution in [1.29, 1.82) is 5.26 Å². The van der Waals surface area contributed by atoms with Crippen LogP contribution in [-0.4, -0.2) is 62.8 Å². The lowest BCUT2D eigenvalue weighted by atomic mass is 10.2. The highest BCUT2D eigenvalue weighted by molar-refractivity contribution is 7.89. The summed E-state index contributed by atoms with van der Waals surface area (Å²) in [6.07, 6.45) is 0.642. The van der Waals surface area contributed by atoms with Gasteiger partial charge in [0.25, 0.3) is 0 Å². The molecule has 0 aromatic heterocycles. The summed E-state index contributed by atoms with van der Waals surface area (Å²) in [5.41, 5.74) is 0.240. The van der Waals surface area contributed by atoms with Crippen molar-refractivity contribution in [3.63, 3.8) is 0 Å². The number of nitrogens with one attached hydrogen (secondary N) is 1. The number of sulfonamides is 1. The van der Waals surface area contributed by atoms with Crippen molar-refractivity contribution in [1.82, 2.24) is 14.5 Å². The second-order valence-electron chi connectivity index (χ2n) is 5.74. The molecular weight excluding hydrogens is 364 g/mol. The largest absolute Gasteiger partial charge is 0.355 e. The minimum atomic E-state index is -3.68. The van der Waals surface area contributed by atoms with Crippen LogP contribution in [-0.2, 0) is 14.8 Å². The van der Waals surface area contributed by atoms with Crippen molar-refractivity contribution in [3.8, 4) is 6.07 Å². The summed E-state index contributed by atoms with van der Waals surface area (Å²) >= 11 is 5.96. The summed E-state index contributed by atoms with van der Waals surface area (Å²) < 4.78 is 27.0. The molecule has 0 spiro atoms. The van der Waals surface area contributed by atoms with Gasteiger partial charge < -0.3 is 5.32 Å². The zero-order valence-electron chi connectivity index (χ0n) is 14.0. The van der Waals surface area contributed by atoms with Gasteiger partial charge in [-0.1, -0.05) is 11.6 Å². The van der Waals surface area contributed by atoms with Crippen LogP contribution in [0.25, 0.3) is 0 Å². The van der Waals surface area contributed by atoms with Gasteiger partial charge in [0, 0.05) is 26.2 Å². The monoisotopic (exact) mass is 384 g/mol. The predicted molar refractivity (Wildman–Crippen MR) is 94.7 cm³/mol. The maximum absolute atomic E-state index is 12.8. The Bertz CT molecular complexity index is 776. The first-order valence-electron chi connectivity index (χ1n) is 8.07. The number of carbonyl (C=O) groups is 1. The number of nitriles is 1. The molecule has 1 N–H and O–H groups in total. The van der Waals surface area contributed by atoms with E-state index in [1.54, 1.807) is 0 Å². The number of halogens is 1. The summed E-state index contributed by atoms with van der Waals surface area (Å²) in [5, 5.41) is 11.8. The summed E-state index contributed by atoms with van der Waals surface area (Å²) in [6, 6.07) is 6.04. The Morgan fingerprint density at radius 1 is 1.32 bits per heavy atom. The average Bonchev–Trinajstić information content (AvgIpc) is 2.81. The first-order valence-corrected chi connectivity index (χ1v) is 9.89. The van der Waals surface area contributed by atoms with Crippen molar-refractivity contribution in [2.75, 3.05) is 39.3 Å². The third-order valence-electron chi connectivity index (χ3n) is 3.99. The fraction of sp³-hybridized carbons (Fsp3) is 0.500. The van der Waals surface area contributed by atoms with Crippen LogP contribution in [0.4, 0.5) is 0 Å². The predicted octanol–water partition coefficient (Wildman–Crippen LogP) is 1.04. The Kier molecular flexibility index (Phi) is 6.79. The molecule has 1 amide bonds. The average molecular weight is 385 g/mol. The Morgan fingerprint density at radius 2 is 2.08 bits per heavy atom. The highest BCUT2D eigenvalue weighted by Crippen LogP contribution is 2.23. The van der Waals surface area contributed by atoms with Crippen molar-refractivity contribution < 1.29 is 13.2 Å². The molecule has 0 atom stereocenters. The quantitative estimate of drug-likeness (QED) is 0.818. The first-order chi connectivity index (χ1) is 11.9. The van der Waals surface area contributed by atoms with E-state index in [4.69, 9.17) is 16.9 Å². The van der Waals surface area contributed by atoms with Gasteiger partial charge in [0.05, 0.1) is 22.0 Å². The Labute approximate surface area is 153 Å². The zero-order chi connectivity index (χ0) is 18.4. The normalized spacial score (nSPS) is 16.8. The third-order valence-corrected chi connectivity index (χ3v) is 6.19. The van der Waals surface area contributed by atoms with Gasteiger partial charge in [0.1, 0.15) is 6.07 Å². The van der Waals surface area contributed by atoms with E-state index in [0.717, 1.165) is 0 Å². The van der Waals surface area contributed by atoms with Crippen LogP contribution in [0, 0.1) is 11.3 Å². The van der Waals surface area contributed by atoms with Gasteiger partial charge in [-0.2, -0.15) is 9.57 Å². The molecule has 1 saturated heterocycles. The molecular formula is C16H21ClN4O3S. The highest BCUT2D eigenvalue weighted by atomic mass is 35.5. The van der Waals surface area contributed by atoms with Crippen LogP contribution in [0.15, 0.2) is 23.1 Å². The lowest BCUT2D eigenvalue weighted by Crippen LogP contribution is -2.40. The minimum absolute atomic E-state index is 0.0577. The summed E-state index contributed by atoms with van der Waals surface area (Å²) in [5.74, 6) is -0.0577. The molecule has 1 fully saturated rings. The third kappa shape index (κ3) is 4.92. The number of nitrogens with zero attached hydrogens (tertiary/aromatic N) is 3. The lowest BCUT2D eigenvalue weighted by Gasteiger charge is -2.21. The molecule has 7 nitrogen and oxygen atoms in total. The summed E-state index contributed by atoms with van der Waals surface area (Å²) in [6.45, 7) is 4.54. The number of rotatable bonds is 5. The van der Waals surface area contributed by atoms with E-state index < -0.39 is 10.0 Å². The Morgan fingerprint density at radius 3 is 2.72 bits per heavy atom. The molecule has 2 rings (SSSR count). The molecule has 9 heteroatoms. The first kappa shape index (κ1) is 19.7. The SMILES string of the molecule is CCNC(=O)CN1CCCN(S(=O)(=O)c2ccc(C#N)c(Cl)c2)CC1. The van der Waals surface area contributed by atoms with E-state index in [0.29, 0.717) is 39.1 Å². The van der Waals surface area contributed by atoms with E-state index in [1.807, 2.05) is 17.9 Å². The smallest absolute Gasteiger partial charge is 0.243 e. The molecule has 1 aliphatic rings. The van der Waals surface area contributed by atoms with Crippen molar-refractivity contribution in [2.45, 2.75) is 18.2 Å². The number of benzene rings is 1. The molecule has 136 valence electrons. The molecule has 0 saturated carbocycles. The van der Waals surface area contributed by atoms with Crippen molar-refractivity contribution >= 4 is 27.5 Å².